The molecular weight excluding hydrogens is 285 g/mol. The Morgan fingerprint density at radius 3 is 2.32 bits per heavy atom. The Bertz CT molecular complexity index is 252. The van der Waals surface area contributed by atoms with Gasteiger partial charge in [-0.3, -0.25) is 4.79 Å². The quantitative estimate of drug-likeness (QED) is 0.784. The first-order valence-electron chi connectivity index (χ1n) is 6.75. The molecule has 1 saturated heterocycles. The van der Waals surface area contributed by atoms with E-state index in [1.165, 1.54) is 6.42 Å². The average Bonchev–Trinajstić information content (AvgIpc) is 2.75. The third-order valence-electron chi connectivity index (χ3n) is 4.27. The predicted molar refractivity (Wildman–Crippen MR) is 85.2 cm³/mol. The Labute approximate surface area is 129 Å². The summed E-state index contributed by atoms with van der Waals surface area (Å²) >= 11 is 0. The number of amides is 1. The van der Waals surface area contributed by atoms with Crippen LogP contribution in [-0.2, 0) is 4.79 Å². The van der Waals surface area contributed by atoms with E-state index in [1.54, 1.807) is 0 Å². The van der Waals surface area contributed by atoms with Crippen LogP contribution in [0.15, 0.2) is 0 Å². The molecule has 0 bridgehead atoms. The first-order valence-corrected chi connectivity index (χ1v) is 6.75. The number of hydrogen-bond acceptors (Lipinski definition) is 3. The first-order chi connectivity index (χ1) is 8.07. The lowest BCUT2D eigenvalue weighted by molar-refractivity contribution is -0.131. The zero-order chi connectivity index (χ0) is 12.9. The fourth-order valence-electron chi connectivity index (χ4n) is 2.57. The number of rotatable bonds is 6. The summed E-state index contributed by atoms with van der Waals surface area (Å²) < 4.78 is 0. The molecule has 0 spiro atoms. The molecule has 0 aromatic rings. The van der Waals surface area contributed by atoms with Crippen molar-refractivity contribution >= 4 is 30.7 Å². The largest absolute Gasteiger partial charge is 0.355 e. The maximum absolute atomic E-state index is 12.2. The van der Waals surface area contributed by atoms with Crippen LogP contribution in [0.1, 0.15) is 33.1 Å². The lowest BCUT2D eigenvalue weighted by Gasteiger charge is -2.29. The van der Waals surface area contributed by atoms with Crippen molar-refractivity contribution in [2.45, 2.75) is 33.1 Å². The van der Waals surface area contributed by atoms with E-state index < -0.39 is 0 Å². The van der Waals surface area contributed by atoms with Gasteiger partial charge in [0.25, 0.3) is 0 Å². The molecule has 1 rings (SSSR count). The SMILES string of the molecule is CCC(CC)(CN)C(=O)NCC1CCN(C)C1.Cl.Cl. The van der Waals surface area contributed by atoms with Gasteiger partial charge in [0.15, 0.2) is 0 Å². The molecule has 4 nitrogen and oxygen atoms in total. The molecular formula is C13H29Cl2N3O. The van der Waals surface area contributed by atoms with E-state index in [9.17, 15) is 4.79 Å². The number of nitrogens with zero attached hydrogens (tertiary/aromatic N) is 1. The van der Waals surface area contributed by atoms with Crippen molar-refractivity contribution in [2.24, 2.45) is 17.1 Å². The fraction of sp³-hybridized carbons (Fsp3) is 0.923. The monoisotopic (exact) mass is 313 g/mol. The van der Waals surface area contributed by atoms with Gasteiger partial charge in [-0.1, -0.05) is 13.8 Å². The molecule has 1 aliphatic rings. The van der Waals surface area contributed by atoms with E-state index in [4.69, 9.17) is 5.73 Å². The van der Waals surface area contributed by atoms with E-state index in [2.05, 4.69) is 17.3 Å². The summed E-state index contributed by atoms with van der Waals surface area (Å²) in [7, 11) is 2.13. The van der Waals surface area contributed by atoms with Crippen LogP contribution in [0.4, 0.5) is 0 Å². The lowest BCUT2D eigenvalue weighted by atomic mass is 9.81. The van der Waals surface area contributed by atoms with Crippen molar-refractivity contribution in [1.29, 1.82) is 0 Å². The third-order valence-corrected chi connectivity index (χ3v) is 4.27. The highest BCUT2D eigenvalue weighted by atomic mass is 35.5. The van der Waals surface area contributed by atoms with Gasteiger partial charge in [0, 0.05) is 19.6 Å². The van der Waals surface area contributed by atoms with E-state index in [1.807, 2.05) is 13.8 Å². The molecule has 1 fully saturated rings. The Hall–Kier alpha value is -0.0300. The standard InChI is InChI=1S/C13H27N3O.2ClH/c1-4-13(5-2,10-14)12(17)15-8-11-6-7-16(3)9-11;;/h11H,4-10,14H2,1-3H3,(H,15,17);2*1H. The van der Waals surface area contributed by atoms with Crippen molar-refractivity contribution < 1.29 is 4.79 Å². The zero-order valence-electron chi connectivity index (χ0n) is 12.3. The molecule has 3 N–H and O–H groups in total. The highest BCUT2D eigenvalue weighted by Crippen LogP contribution is 2.25. The molecule has 1 aliphatic heterocycles. The Balaban J connectivity index is 0. The second-order valence-electron chi connectivity index (χ2n) is 5.32. The smallest absolute Gasteiger partial charge is 0.227 e. The summed E-state index contributed by atoms with van der Waals surface area (Å²) in [5.74, 6) is 0.743. The van der Waals surface area contributed by atoms with Crippen LogP contribution in [0.25, 0.3) is 0 Å². The normalized spacial score (nSPS) is 19.5. The van der Waals surface area contributed by atoms with Gasteiger partial charge in [-0.25, -0.2) is 0 Å². The zero-order valence-corrected chi connectivity index (χ0v) is 13.9. The summed E-state index contributed by atoms with van der Waals surface area (Å²) in [4.78, 5) is 14.5. The van der Waals surface area contributed by atoms with Gasteiger partial charge >= 0.3 is 0 Å². The molecule has 6 heteroatoms. The second-order valence-corrected chi connectivity index (χ2v) is 5.32. The van der Waals surface area contributed by atoms with Crippen LogP contribution >= 0.6 is 24.8 Å². The highest BCUT2D eigenvalue weighted by Gasteiger charge is 2.33. The van der Waals surface area contributed by atoms with Gasteiger partial charge in [0.05, 0.1) is 5.41 Å². The maximum atomic E-state index is 12.2. The Morgan fingerprint density at radius 1 is 1.37 bits per heavy atom. The molecule has 0 aromatic carbocycles. The molecule has 0 saturated carbocycles. The number of nitrogens with one attached hydrogen (secondary N) is 1. The third kappa shape index (κ3) is 5.46. The molecule has 0 radical (unpaired) electrons. The van der Waals surface area contributed by atoms with Crippen LogP contribution in [0, 0.1) is 11.3 Å². The second kappa shape index (κ2) is 9.81. The van der Waals surface area contributed by atoms with Gasteiger partial charge in [0.1, 0.15) is 0 Å². The lowest BCUT2D eigenvalue weighted by Crippen LogP contribution is -2.46. The van der Waals surface area contributed by atoms with Gasteiger partial charge in [0.2, 0.25) is 5.91 Å². The van der Waals surface area contributed by atoms with Crippen molar-refractivity contribution in [3.05, 3.63) is 0 Å². The van der Waals surface area contributed by atoms with Crippen molar-refractivity contribution in [3.8, 4) is 0 Å². The van der Waals surface area contributed by atoms with Crippen molar-refractivity contribution in [2.75, 3.05) is 33.2 Å². The average molecular weight is 314 g/mol. The highest BCUT2D eigenvalue weighted by molar-refractivity contribution is 5.85. The molecule has 1 heterocycles. The van der Waals surface area contributed by atoms with Crippen LogP contribution in [0.2, 0.25) is 0 Å². The van der Waals surface area contributed by atoms with E-state index in [-0.39, 0.29) is 36.1 Å². The van der Waals surface area contributed by atoms with E-state index in [0.717, 1.165) is 32.5 Å². The van der Waals surface area contributed by atoms with Crippen LogP contribution in [-0.4, -0.2) is 44.0 Å². The summed E-state index contributed by atoms with van der Waals surface area (Å²) in [5.41, 5.74) is 5.41. The summed E-state index contributed by atoms with van der Waals surface area (Å²) in [6, 6.07) is 0. The fourth-order valence-corrected chi connectivity index (χ4v) is 2.57. The summed E-state index contributed by atoms with van der Waals surface area (Å²) in [6.07, 6.45) is 2.82. The van der Waals surface area contributed by atoms with Crippen LogP contribution in [0.5, 0.6) is 0 Å². The Kier molecular flexibility index (Phi) is 11.0. The topological polar surface area (TPSA) is 58.4 Å². The summed E-state index contributed by atoms with van der Waals surface area (Å²) in [6.45, 7) is 7.55. The number of hydrogen-bond donors (Lipinski definition) is 2. The summed E-state index contributed by atoms with van der Waals surface area (Å²) in [5, 5.41) is 3.09. The molecule has 1 amide bonds. The first kappa shape index (κ1) is 21.3. The van der Waals surface area contributed by atoms with Crippen molar-refractivity contribution in [1.82, 2.24) is 10.2 Å². The molecule has 1 atom stereocenters. The van der Waals surface area contributed by atoms with Crippen molar-refractivity contribution in [3.63, 3.8) is 0 Å². The molecule has 116 valence electrons. The number of carbonyl (C=O) groups is 1. The predicted octanol–water partition coefficient (Wildman–Crippen LogP) is 1.66. The minimum absolute atomic E-state index is 0. The van der Waals surface area contributed by atoms with Gasteiger partial charge in [-0.2, -0.15) is 0 Å². The minimum atomic E-state index is -0.357. The van der Waals surface area contributed by atoms with Gasteiger partial charge in [-0.15, -0.1) is 24.8 Å². The maximum Gasteiger partial charge on any atom is 0.227 e. The van der Waals surface area contributed by atoms with Gasteiger partial charge in [-0.05, 0) is 38.8 Å². The number of halogens is 2. The van der Waals surface area contributed by atoms with E-state index in [0.29, 0.717) is 12.5 Å². The number of carbonyl (C=O) groups excluding carboxylic acids is 1. The van der Waals surface area contributed by atoms with Crippen LogP contribution in [0.3, 0.4) is 0 Å². The molecule has 0 aliphatic carbocycles. The number of nitrogens with two attached hydrogens (primary N) is 1. The number of likely N-dealkylation sites (tertiary alicyclic amines) is 1. The molecule has 19 heavy (non-hydrogen) atoms. The van der Waals surface area contributed by atoms with E-state index >= 15 is 0 Å². The minimum Gasteiger partial charge on any atom is -0.355 e. The molecule has 0 aromatic heterocycles. The van der Waals surface area contributed by atoms with Crippen LogP contribution < -0.4 is 11.1 Å². The van der Waals surface area contributed by atoms with Gasteiger partial charge < -0.3 is 16.0 Å². The Morgan fingerprint density at radius 2 is 1.95 bits per heavy atom. The molecule has 1 unspecified atom stereocenters.